The summed E-state index contributed by atoms with van der Waals surface area (Å²) < 4.78 is 23.5. The molecule has 0 aromatic rings. The molecule has 4 aliphatic carbocycles. The van der Waals surface area contributed by atoms with Crippen LogP contribution in [-0.4, -0.2) is 152 Å². The van der Waals surface area contributed by atoms with Gasteiger partial charge in [-0.3, -0.25) is 0 Å². The van der Waals surface area contributed by atoms with Gasteiger partial charge >= 0.3 is 0 Å². The Labute approximate surface area is 314 Å². The number of likely N-dealkylation sites (tertiary alicyclic amines) is 1. The van der Waals surface area contributed by atoms with Gasteiger partial charge in [-0.25, -0.2) is 0 Å². The molecule has 0 amide bonds. The van der Waals surface area contributed by atoms with E-state index >= 15 is 0 Å². The zero-order chi connectivity index (χ0) is 38.1. The van der Waals surface area contributed by atoms with Crippen LogP contribution in [0.2, 0.25) is 0 Å². The molecule has 0 aromatic heterocycles. The highest BCUT2D eigenvalue weighted by Crippen LogP contribution is 2.67. The van der Waals surface area contributed by atoms with Crippen molar-refractivity contribution in [1.29, 1.82) is 0 Å². The van der Waals surface area contributed by atoms with Crippen LogP contribution in [0.3, 0.4) is 0 Å². The number of allylic oxidation sites excluding steroid dienone is 1. The Bertz CT molecular complexity index is 1300. The van der Waals surface area contributed by atoms with Crippen molar-refractivity contribution >= 4 is 0 Å². The molecule has 6 fully saturated rings. The zero-order valence-corrected chi connectivity index (χ0v) is 32.2. The van der Waals surface area contributed by atoms with Gasteiger partial charge in [0.2, 0.25) is 0 Å². The van der Waals surface area contributed by atoms with Crippen molar-refractivity contribution in [2.45, 2.75) is 165 Å². The third-order valence-corrected chi connectivity index (χ3v) is 15.7. The first-order valence-corrected chi connectivity index (χ1v) is 20.4. The summed E-state index contributed by atoms with van der Waals surface area (Å²) in [6.45, 7) is 9.54. The van der Waals surface area contributed by atoms with Gasteiger partial charge in [0, 0.05) is 12.6 Å². The maximum absolute atomic E-state index is 11.8. The molecule has 0 spiro atoms. The van der Waals surface area contributed by atoms with E-state index in [0.717, 1.165) is 51.0 Å². The lowest BCUT2D eigenvalue weighted by molar-refractivity contribution is -0.363. The van der Waals surface area contributed by atoms with Gasteiger partial charge in [-0.2, -0.15) is 0 Å². The Morgan fingerprint density at radius 3 is 2.21 bits per heavy atom. The highest BCUT2D eigenvalue weighted by Gasteiger charge is 2.63. The maximum Gasteiger partial charge on any atom is 0.187 e. The van der Waals surface area contributed by atoms with E-state index in [4.69, 9.17) is 18.9 Å². The fraction of sp³-hybridized carbons (Fsp3) is 0.950. The highest BCUT2D eigenvalue weighted by molar-refractivity contribution is 5.26. The van der Waals surface area contributed by atoms with Gasteiger partial charge < -0.3 is 64.7 Å². The monoisotopic (exact) mass is 753 g/mol. The normalized spacial score (nSPS) is 54.0. The molecule has 0 unspecified atom stereocenters. The number of ether oxygens (including phenoxy) is 4. The Morgan fingerprint density at radius 1 is 0.830 bits per heavy atom. The third-order valence-electron chi connectivity index (χ3n) is 15.7. The molecule has 3 saturated heterocycles. The predicted octanol–water partition coefficient (Wildman–Crippen LogP) is 0.912. The van der Waals surface area contributed by atoms with E-state index in [2.05, 4.69) is 45.7 Å². The van der Waals surface area contributed by atoms with E-state index in [9.17, 15) is 40.9 Å². The summed E-state index contributed by atoms with van der Waals surface area (Å²) in [6.07, 6.45) is -3.90. The molecule has 7 rings (SSSR count). The van der Waals surface area contributed by atoms with Crippen LogP contribution in [0.1, 0.15) is 85.5 Å². The van der Waals surface area contributed by atoms with Crippen LogP contribution >= 0.6 is 0 Å². The van der Waals surface area contributed by atoms with Crippen LogP contribution in [0, 0.1) is 46.3 Å². The second-order valence-corrected chi connectivity index (χ2v) is 18.7. The minimum atomic E-state index is -1.72. The van der Waals surface area contributed by atoms with E-state index < -0.39 is 74.6 Å². The molecular weight excluding hydrogens is 686 g/mol. The van der Waals surface area contributed by atoms with Gasteiger partial charge in [0.15, 0.2) is 12.6 Å². The van der Waals surface area contributed by atoms with Crippen molar-refractivity contribution < 1.29 is 59.8 Å². The van der Waals surface area contributed by atoms with Crippen molar-refractivity contribution in [2.75, 3.05) is 26.8 Å². The zero-order valence-electron chi connectivity index (χ0n) is 32.2. The van der Waals surface area contributed by atoms with Gasteiger partial charge in [0.1, 0.15) is 48.8 Å². The van der Waals surface area contributed by atoms with E-state index in [1.54, 1.807) is 0 Å². The summed E-state index contributed by atoms with van der Waals surface area (Å²) in [5, 5.41) is 84.5. The van der Waals surface area contributed by atoms with Crippen molar-refractivity contribution in [3.8, 4) is 0 Å². The standard InChI is InChI=1S/C40H67NO12/c1-19-6-9-26(41(5)16-19)20(2)30-27(44)15-25-23-8-7-21-14-22(10-12-39(21,3)24(23)11-13-40(25,30)4)50-37-35(49)33(47)36(29(18-43)52-37)53-38-34(48)32(46)31(45)28(17-42)51-38/h7,19-20,22-38,42-49H,6,8-18H2,1-5H3/t19-,20+,22-,23+,24-,25-,26+,27-,28+,29+,30-,31+,32-,33+,34+,35+,36+,37+,38-,39-,40-/m0/s1. The fourth-order valence-corrected chi connectivity index (χ4v) is 12.9. The minimum absolute atomic E-state index is 0.0159. The second kappa shape index (κ2) is 15.5. The van der Waals surface area contributed by atoms with Crippen LogP contribution in [-0.2, 0) is 18.9 Å². The number of rotatable bonds is 8. The molecule has 13 nitrogen and oxygen atoms in total. The summed E-state index contributed by atoms with van der Waals surface area (Å²) in [5.41, 5.74) is 1.50. The summed E-state index contributed by atoms with van der Waals surface area (Å²) >= 11 is 0. The minimum Gasteiger partial charge on any atom is -0.394 e. The van der Waals surface area contributed by atoms with Crippen LogP contribution in [0.25, 0.3) is 0 Å². The topological polar surface area (TPSA) is 202 Å². The van der Waals surface area contributed by atoms with Gasteiger partial charge in [-0.1, -0.05) is 39.3 Å². The van der Waals surface area contributed by atoms with Crippen molar-refractivity contribution in [2.24, 2.45) is 46.3 Å². The van der Waals surface area contributed by atoms with Crippen LogP contribution in [0.15, 0.2) is 11.6 Å². The smallest absolute Gasteiger partial charge is 0.187 e. The lowest BCUT2D eigenvalue weighted by Crippen LogP contribution is -2.65. The van der Waals surface area contributed by atoms with Crippen LogP contribution in [0.5, 0.6) is 0 Å². The average molecular weight is 754 g/mol. The molecule has 21 atom stereocenters. The van der Waals surface area contributed by atoms with E-state index in [1.807, 2.05) is 0 Å². The van der Waals surface area contributed by atoms with Crippen molar-refractivity contribution in [3.63, 3.8) is 0 Å². The molecule has 3 aliphatic heterocycles. The highest BCUT2D eigenvalue weighted by atomic mass is 16.7. The summed E-state index contributed by atoms with van der Waals surface area (Å²) in [6, 6.07) is 0.520. The van der Waals surface area contributed by atoms with Gasteiger partial charge in [0.05, 0.1) is 25.4 Å². The Morgan fingerprint density at radius 2 is 1.51 bits per heavy atom. The number of aliphatic hydroxyl groups is 8. The van der Waals surface area contributed by atoms with E-state index in [-0.39, 0.29) is 23.0 Å². The van der Waals surface area contributed by atoms with E-state index in [1.165, 1.54) is 18.4 Å². The largest absolute Gasteiger partial charge is 0.394 e. The lowest BCUT2D eigenvalue weighted by atomic mass is 9.46. The van der Waals surface area contributed by atoms with Gasteiger partial charge in [-0.05, 0) is 111 Å². The maximum atomic E-state index is 11.8. The molecule has 13 heteroatoms. The lowest BCUT2D eigenvalue weighted by Gasteiger charge is -2.59. The molecule has 3 heterocycles. The number of fused-ring (bicyclic) bond motifs is 5. The quantitative estimate of drug-likeness (QED) is 0.163. The van der Waals surface area contributed by atoms with Crippen LogP contribution < -0.4 is 0 Å². The molecule has 7 aliphatic rings. The molecule has 8 N–H and O–H groups in total. The number of hydrogen-bond acceptors (Lipinski definition) is 13. The van der Waals surface area contributed by atoms with Gasteiger partial charge in [0.25, 0.3) is 0 Å². The second-order valence-electron chi connectivity index (χ2n) is 18.7. The molecular formula is C40H67NO12. The number of aliphatic hydroxyl groups excluding tert-OH is 8. The summed E-state index contributed by atoms with van der Waals surface area (Å²) in [5.74, 6) is 3.02. The number of piperidine rings is 1. The Hall–Kier alpha value is -0.780. The first-order valence-electron chi connectivity index (χ1n) is 20.4. The molecule has 0 radical (unpaired) electrons. The number of hydrogen-bond donors (Lipinski definition) is 8. The number of nitrogens with zero attached hydrogens (tertiary/aromatic N) is 1. The average Bonchev–Trinajstić information content (AvgIpc) is 3.40. The van der Waals surface area contributed by atoms with Gasteiger partial charge in [-0.15, -0.1) is 0 Å². The summed E-state index contributed by atoms with van der Waals surface area (Å²) in [4.78, 5) is 2.56. The first-order chi connectivity index (χ1) is 25.1. The Kier molecular flexibility index (Phi) is 11.8. The molecule has 0 aromatic carbocycles. The predicted molar refractivity (Wildman–Crippen MR) is 192 cm³/mol. The van der Waals surface area contributed by atoms with Crippen LogP contribution in [0.4, 0.5) is 0 Å². The molecule has 53 heavy (non-hydrogen) atoms. The Balaban J connectivity index is 0.996. The molecule has 304 valence electrons. The molecule has 3 saturated carbocycles. The van der Waals surface area contributed by atoms with Crippen molar-refractivity contribution in [1.82, 2.24) is 4.90 Å². The fourth-order valence-electron chi connectivity index (χ4n) is 12.9. The van der Waals surface area contributed by atoms with E-state index in [0.29, 0.717) is 42.1 Å². The summed E-state index contributed by atoms with van der Waals surface area (Å²) in [7, 11) is 2.27. The SMILES string of the molecule is C[C@H]1CC[C@H]([C@@H](C)[C@H]2[C@@H](O)C[C@H]3[C@@H]4CC=C5C[C@@H](O[C@@H]6O[C@H](CO)[C@@H](O[C@@H]7O[C@H](CO)[C@@H](O)[C@H](O)[C@H]7O)[C@H](O)[C@H]6O)CC[C@]5(C)[C@H]4CC[C@]23C)N(C)C1. The first kappa shape index (κ1) is 40.4. The third kappa shape index (κ3) is 6.99. The van der Waals surface area contributed by atoms with Crippen molar-refractivity contribution in [3.05, 3.63) is 11.6 Å². The molecule has 0 bridgehead atoms.